The SMILES string of the molecule is COCC(COC)NC(=O)c1ccc2c(c1)nc1n2CC[C@H]2[C@@H]1[C@H](c1cccc(Cl)c1F)[C@](C)(C(=O)Nc1cccc(Cl)c1)N2CC1CC1. The molecule has 4 aromatic rings. The van der Waals surface area contributed by atoms with Gasteiger partial charge in [-0.15, -0.1) is 0 Å². The Morgan fingerprint density at radius 2 is 1.80 bits per heavy atom. The van der Waals surface area contributed by atoms with Crippen LogP contribution in [-0.4, -0.2) is 77.9 Å². The first-order valence-corrected chi connectivity index (χ1v) is 17.5. The molecule has 2 N–H and O–H groups in total. The summed E-state index contributed by atoms with van der Waals surface area (Å²) in [7, 11) is 3.15. The summed E-state index contributed by atoms with van der Waals surface area (Å²) in [6.07, 6.45) is 2.93. The zero-order chi connectivity index (χ0) is 34.4. The lowest BCUT2D eigenvalue weighted by molar-refractivity contribution is -0.127. The van der Waals surface area contributed by atoms with Gasteiger partial charge in [-0.25, -0.2) is 9.37 Å². The van der Waals surface area contributed by atoms with Crippen LogP contribution in [0.1, 0.15) is 59.8 Å². The number of halogens is 3. The number of ether oxygens (including phenoxy) is 2. The maximum Gasteiger partial charge on any atom is 0.251 e. The topological polar surface area (TPSA) is 97.7 Å². The molecule has 0 unspecified atom stereocenters. The number of nitrogens with zero attached hydrogens (tertiary/aromatic N) is 3. The monoisotopic (exact) mass is 707 g/mol. The van der Waals surface area contributed by atoms with Gasteiger partial charge in [-0.1, -0.05) is 41.4 Å². The van der Waals surface area contributed by atoms with Gasteiger partial charge in [0.05, 0.1) is 35.3 Å². The number of rotatable bonds is 11. The van der Waals surface area contributed by atoms with E-state index in [1.807, 2.05) is 13.0 Å². The van der Waals surface area contributed by atoms with Gasteiger partial charge < -0.3 is 24.7 Å². The zero-order valence-corrected chi connectivity index (χ0v) is 29.2. The van der Waals surface area contributed by atoms with Crippen LogP contribution in [0.25, 0.3) is 11.0 Å². The number of hydrogen-bond acceptors (Lipinski definition) is 6. The molecule has 12 heteroatoms. The second kappa shape index (κ2) is 13.6. The first-order chi connectivity index (χ1) is 23.6. The molecule has 1 aliphatic carbocycles. The van der Waals surface area contributed by atoms with Crippen molar-refractivity contribution in [3.05, 3.63) is 93.5 Å². The van der Waals surface area contributed by atoms with Gasteiger partial charge in [-0.2, -0.15) is 0 Å². The third kappa shape index (κ3) is 6.23. The van der Waals surface area contributed by atoms with E-state index in [2.05, 4.69) is 20.1 Å². The van der Waals surface area contributed by atoms with Crippen molar-refractivity contribution < 1.29 is 23.5 Å². The average Bonchev–Trinajstić information content (AvgIpc) is 3.77. The molecule has 0 spiro atoms. The van der Waals surface area contributed by atoms with E-state index in [4.69, 9.17) is 37.7 Å². The number of aryl methyl sites for hydroxylation is 1. The van der Waals surface area contributed by atoms with Crippen molar-refractivity contribution in [1.82, 2.24) is 19.8 Å². The number of amides is 2. The molecule has 1 aromatic heterocycles. The Hall–Kier alpha value is -3.54. The lowest BCUT2D eigenvalue weighted by atomic mass is 9.73. The Bertz CT molecular complexity index is 1890. The molecular formula is C37H40Cl2FN5O4. The minimum absolute atomic E-state index is 0.00695. The lowest BCUT2D eigenvalue weighted by Crippen LogP contribution is -2.56. The van der Waals surface area contributed by atoms with E-state index in [1.54, 1.807) is 62.8 Å². The van der Waals surface area contributed by atoms with Crippen molar-refractivity contribution in [3.8, 4) is 0 Å². The molecule has 1 saturated heterocycles. The van der Waals surface area contributed by atoms with Crippen molar-refractivity contribution in [1.29, 1.82) is 0 Å². The molecule has 7 rings (SSSR count). The molecule has 3 aliphatic rings. The molecule has 0 bridgehead atoms. The number of methoxy groups -OCH3 is 2. The number of imidazole rings is 1. The predicted molar refractivity (Wildman–Crippen MR) is 188 cm³/mol. The van der Waals surface area contributed by atoms with Crippen molar-refractivity contribution in [3.63, 3.8) is 0 Å². The molecule has 4 atom stereocenters. The molecule has 9 nitrogen and oxygen atoms in total. The second-order valence-electron chi connectivity index (χ2n) is 13.6. The van der Waals surface area contributed by atoms with Crippen molar-refractivity contribution in [2.75, 3.05) is 39.3 Å². The predicted octanol–water partition coefficient (Wildman–Crippen LogP) is 6.64. The van der Waals surface area contributed by atoms with Gasteiger partial charge in [0.15, 0.2) is 0 Å². The Morgan fingerprint density at radius 1 is 1.04 bits per heavy atom. The highest BCUT2D eigenvalue weighted by Gasteiger charge is 2.63. The molecule has 3 aromatic carbocycles. The fourth-order valence-corrected chi connectivity index (χ4v) is 8.42. The summed E-state index contributed by atoms with van der Waals surface area (Å²) < 4.78 is 28.9. The number of benzene rings is 3. The molecule has 2 aliphatic heterocycles. The van der Waals surface area contributed by atoms with Gasteiger partial charge in [0.25, 0.3) is 5.91 Å². The van der Waals surface area contributed by atoms with Gasteiger partial charge in [-0.3, -0.25) is 14.5 Å². The van der Waals surface area contributed by atoms with Crippen molar-refractivity contribution >= 4 is 51.7 Å². The lowest BCUT2D eigenvalue weighted by Gasteiger charge is -2.40. The van der Waals surface area contributed by atoms with Crippen LogP contribution in [0.4, 0.5) is 10.1 Å². The molecule has 2 amide bonds. The van der Waals surface area contributed by atoms with Gasteiger partial charge in [-0.05, 0) is 80.1 Å². The van der Waals surface area contributed by atoms with E-state index in [0.29, 0.717) is 59.6 Å². The zero-order valence-electron chi connectivity index (χ0n) is 27.7. The molecule has 1 saturated carbocycles. The van der Waals surface area contributed by atoms with E-state index in [9.17, 15) is 9.59 Å². The fraction of sp³-hybridized carbons (Fsp3) is 0.432. The van der Waals surface area contributed by atoms with Crippen LogP contribution in [-0.2, 0) is 20.8 Å². The molecule has 49 heavy (non-hydrogen) atoms. The standard InChI is InChI=1S/C37H40Cl2FN5O4/c1-37(36(47)42-24-7-4-6-23(38)17-24)32(26-8-5-9-27(39)33(26)40)31-30(45(37)18-21-10-11-21)14-15-44-29-13-12-22(16-28(29)43-34(31)44)35(46)41-25(19-48-2)20-49-3/h4-9,12-13,16-17,21,25,30-32H,10-11,14-15,18-20H2,1-3H3,(H,41,46)(H,42,47)/t30-,31+,32-,37+/m0/s1. The maximum absolute atomic E-state index is 16.2. The largest absolute Gasteiger partial charge is 0.382 e. The van der Waals surface area contributed by atoms with Crippen LogP contribution in [0.5, 0.6) is 0 Å². The Morgan fingerprint density at radius 3 is 2.51 bits per heavy atom. The highest BCUT2D eigenvalue weighted by Crippen LogP contribution is 2.58. The smallest absolute Gasteiger partial charge is 0.251 e. The normalized spacial score (nSPS) is 23.4. The molecular weight excluding hydrogens is 668 g/mol. The summed E-state index contributed by atoms with van der Waals surface area (Å²) >= 11 is 12.7. The van der Waals surface area contributed by atoms with E-state index in [0.717, 1.165) is 30.6 Å². The molecule has 0 radical (unpaired) electrons. The van der Waals surface area contributed by atoms with Crippen LogP contribution in [0.3, 0.4) is 0 Å². The van der Waals surface area contributed by atoms with Crippen LogP contribution in [0.15, 0.2) is 60.7 Å². The van der Waals surface area contributed by atoms with Gasteiger partial charge in [0.1, 0.15) is 17.2 Å². The number of anilines is 1. The number of fused-ring (bicyclic) bond motifs is 5. The maximum atomic E-state index is 16.2. The van der Waals surface area contributed by atoms with Crippen LogP contribution in [0, 0.1) is 11.7 Å². The first kappa shape index (κ1) is 33.9. The van der Waals surface area contributed by atoms with Crippen LogP contribution >= 0.6 is 23.2 Å². The Kier molecular flexibility index (Phi) is 9.45. The number of hydrogen-bond donors (Lipinski definition) is 2. The number of nitrogens with one attached hydrogen (secondary N) is 2. The van der Waals surface area contributed by atoms with Gasteiger partial charge in [0, 0.05) is 61.5 Å². The van der Waals surface area contributed by atoms with E-state index in [-0.39, 0.29) is 34.8 Å². The Balaban J connectivity index is 1.34. The molecule has 2 fully saturated rings. The minimum Gasteiger partial charge on any atom is -0.382 e. The first-order valence-electron chi connectivity index (χ1n) is 16.7. The minimum atomic E-state index is -1.16. The summed E-state index contributed by atoms with van der Waals surface area (Å²) in [6.45, 7) is 3.94. The Labute approximate surface area is 295 Å². The van der Waals surface area contributed by atoms with Crippen molar-refractivity contribution in [2.45, 2.75) is 62.2 Å². The summed E-state index contributed by atoms with van der Waals surface area (Å²) in [6, 6.07) is 17.2. The fourth-order valence-electron chi connectivity index (χ4n) is 8.04. The molecule has 3 heterocycles. The second-order valence-corrected chi connectivity index (χ2v) is 14.5. The summed E-state index contributed by atoms with van der Waals surface area (Å²) in [5.41, 5.74) is 1.79. The van der Waals surface area contributed by atoms with Crippen molar-refractivity contribution in [2.24, 2.45) is 5.92 Å². The number of carbonyl (C=O) groups is 2. The number of aromatic nitrogens is 2. The van der Waals surface area contributed by atoms with E-state index >= 15 is 4.39 Å². The van der Waals surface area contributed by atoms with Crippen LogP contribution in [0.2, 0.25) is 10.0 Å². The van der Waals surface area contributed by atoms with Gasteiger partial charge in [0.2, 0.25) is 5.91 Å². The third-order valence-electron chi connectivity index (χ3n) is 10.4. The number of carbonyl (C=O) groups excluding carboxylic acids is 2. The van der Waals surface area contributed by atoms with Crippen LogP contribution < -0.4 is 10.6 Å². The summed E-state index contributed by atoms with van der Waals surface area (Å²) in [5.74, 6) is -0.766. The highest BCUT2D eigenvalue weighted by molar-refractivity contribution is 6.31. The summed E-state index contributed by atoms with van der Waals surface area (Å²) in [5, 5.41) is 6.62. The average molecular weight is 709 g/mol. The summed E-state index contributed by atoms with van der Waals surface area (Å²) in [4.78, 5) is 35.5. The number of likely N-dealkylation sites (tertiary alicyclic amines) is 1. The van der Waals surface area contributed by atoms with E-state index in [1.165, 1.54) is 6.07 Å². The molecule has 258 valence electrons. The van der Waals surface area contributed by atoms with E-state index < -0.39 is 17.3 Å². The van der Waals surface area contributed by atoms with Gasteiger partial charge >= 0.3 is 0 Å². The highest BCUT2D eigenvalue weighted by atomic mass is 35.5. The third-order valence-corrected chi connectivity index (χ3v) is 11.0. The quantitative estimate of drug-likeness (QED) is 0.182.